The van der Waals surface area contributed by atoms with E-state index < -0.39 is 28.0 Å². The molecule has 0 bridgehead atoms. The number of fused-ring (bicyclic) bond motifs is 2. The number of nitrogens with zero attached hydrogens (tertiary/aromatic N) is 1. The maximum absolute atomic E-state index is 13.3. The van der Waals surface area contributed by atoms with E-state index >= 15 is 0 Å². The molecule has 8 nitrogen and oxygen atoms in total. The number of aryl methyl sites for hydroxylation is 1. The van der Waals surface area contributed by atoms with Crippen LogP contribution < -0.4 is 10.5 Å². The van der Waals surface area contributed by atoms with Gasteiger partial charge in [-0.15, -0.1) is 0 Å². The van der Waals surface area contributed by atoms with Crippen LogP contribution in [0.25, 0.3) is 10.9 Å². The van der Waals surface area contributed by atoms with E-state index in [0.29, 0.717) is 16.6 Å². The Balaban J connectivity index is 1.55. The van der Waals surface area contributed by atoms with E-state index in [9.17, 15) is 18.0 Å². The molecule has 0 spiro atoms. The first-order valence-corrected chi connectivity index (χ1v) is 12.3. The lowest BCUT2D eigenvalue weighted by atomic mass is 9.97. The number of sulfonamides is 1. The van der Waals surface area contributed by atoms with Crippen molar-refractivity contribution in [2.45, 2.75) is 50.0 Å². The molecular formula is C24H25N3O5S. The van der Waals surface area contributed by atoms with Gasteiger partial charge in [-0.05, 0) is 68.5 Å². The summed E-state index contributed by atoms with van der Waals surface area (Å²) < 4.78 is 28.3. The summed E-state index contributed by atoms with van der Waals surface area (Å²) >= 11 is 0. The molecule has 0 saturated heterocycles. The minimum absolute atomic E-state index is 0.0646. The number of pyridine rings is 1. The Labute approximate surface area is 192 Å². The second-order valence-electron chi connectivity index (χ2n) is 8.10. The summed E-state index contributed by atoms with van der Waals surface area (Å²) in [5, 5.41) is 8.43. The van der Waals surface area contributed by atoms with E-state index in [0.717, 1.165) is 48.9 Å². The lowest BCUT2D eigenvalue weighted by Gasteiger charge is -2.18. The number of nitrogens with two attached hydrogens (primary N) is 1. The second kappa shape index (κ2) is 9.29. The molecule has 1 aliphatic carbocycles. The van der Waals surface area contributed by atoms with Crippen LogP contribution in [-0.2, 0) is 32.4 Å². The molecule has 9 heteroatoms. The molecule has 1 aliphatic rings. The molecule has 1 amide bonds. The quantitative estimate of drug-likeness (QED) is 0.437. The normalized spacial score (nSPS) is 14.7. The van der Waals surface area contributed by atoms with Gasteiger partial charge in [0, 0.05) is 16.8 Å². The minimum Gasteiger partial charge on any atom is -0.449 e. The van der Waals surface area contributed by atoms with Gasteiger partial charge >= 0.3 is 5.97 Å². The number of carbonyl (C=O) groups excluding carboxylic acids is 2. The average molecular weight is 468 g/mol. The predicted molar refractivity (Wildman–Crippen MR) is 124 cm³/mol. The smallest absolute Gasteiger partial charge is 0.339 e. The molecule has 0 aliphatic heterocycles. The molecule has 1 unspecified atom stereocenters. The number of nitrogens with one attached hydrogen (secondary N) is 1. The zero-order valence-electron chi connectivity index (χ0n) is 18.2. The third-order valence-electron chi connectivity index (χ3n) is 5.73. The third kappa shape index (κ3) is 5.04. The highest BCUT2D eigenvalue weighted by Gasteiger charge is 2.26. The van der Waals surface area contributed by atoms with Crippen LogP contribution >= 0.6 is 0 Å². The van der Waals surface area contributed by atoms with Crippen LogP contribution in [0.5, 0.6) is 0 Å². The first kappa shape index (κ1) is 22.9. The molecule has 3 aromatic rings. The first-order chi connectivity index (χ1) is 15.7. The Morgan fingerprint density at radius 3 is 2.45 bits per heavy atom. The third-order valence-corrected chi connectivity index (χ3v) is 6.66. The summed E-state index contributed by atoms with van der Waals surface area (Å²) in [5.74, 6) is -1.09. The summed E-state index contributed by atoms with van der Waals surface area (Å²) in [6.07, 6.45) is 3.56. The molecule has 33 heavy (non-hydrogen) atoms. The summed E-state index contributed by atoms with van der Waals surface area (Å²) in [4.78, 5) is 30.6. The Bertz CT molecular complexity index is 1320. The number of hydrogen-bond acceptors (Lipinski definition) is 6. The van der Waals surface area contributed by atoms with Crippen molar-refractivity contribution in [1.82, 2.24) is 4.98 Å². The lowest BCUT2D eigenvalue weighted by Crippen LogP contribution is -2.30. The van der Waals surface area contributed by atoms with E-state index in [1.165, 1.54) is 31.2 Å². The molecule has 0 radical (unpaired) electrons. The van der Waals surface area contributed by atoms with Crippen molar-refractivity contribution >= 4 is 38.5 Å². The Hall–Kier alpha value is -3.30. The Morgan fingerprint density at radius 1 is 1.03 bits per heavy atom. The van der Waals surface area contributed by atoms with Crippen LogP contribution in [0.2, 0.25) is 0 Å². The SMILES string of the molecule is CC(OC(=O)c1c2c(nc3ccccc13)CCCCC2)C(=O)Nc1ccc(S(N)(=O)=O)cc1. The van der Waals surface area contributed by atoms with E-state index in [1.54, 1.807) is 0 Å². The number of aromatic nitrogens is 1. The van der Waals surface area contributed by atoms with Gasteiger partial charge in [-0.1, -0.05) is 24.6 Å². The monoisotopic (exact) mass is 467 g/mol. The van der Waals surface area contributed by atoms with Crippen LogP contribution in [0, 0.1) is 0 Å². The van der Waals surface area contributed by atoms with Gasteiger partial charge in [0.15, 0.2) is 6.10 Å². The summed E-state index contributed by atoms with van der Waals surface area (Å²) in [6.45, 7) is 1.49. The zero-order valence-corrected chi connectivity index (χ0v) is 19.0. The zero-order chi connectivity index (χ0) is 23.6. The number of carbonyl (C=O) groups is 2. The van der Waals surface area contributed by atoms with Crippen molar-refractivity contribution in [3.63, 3.8) is 0 Å². The largest absolute Gasteiger partial charge is 0.449 e. The van der Waals surface area contributed by atoms with Crippen LogP contribution in [0.1, 0.15) is 47.8 Å². The summed E-state index contributed by atoms with van der Waals surface area (Å²) in [5.41, 5.74) is 3.40. The Morgan fingerprint density at radius 2 is 1.73 bits per heavy atom. The van der Waals surface area contributed by atoms with Crippen LogP contribution in [0.15, 0.2) is 53.4 Å². The van der Waals surface area contributed by atoms with E-state index in [1.807, 2.05) is 24.3 Å². The fourth-order valence-electron chi connectivity index (χ4n) is 4.03. The first-order valence-electron chi connectivity index (χ1n) is 10.8. The van der Waals surface area contributed by atoms with Crippen LogP contribution in [0.4, 0.5) is 5.69 Å². The van der Waals surface area contributed by atoms with Gasteiger partial charge in [0.2, 0.25) is 10.0 Å². The summed E-state index contributed by atoms with van der Waals surface area (Å²) in [6, 6.07) is 12.9. The van der Waals surface area contributed by atoms with E-state index in [4.69, 9.17) is 14.9 Å². The van der Waals surface area contributed by atoms with Gasteiger partial charge in [-0.3, -0.25) is 9.78 Å². The number of amides is 1. The highest BCUT2D eigenvalue weighted by Crippen LogP contribution is 2.29. The fraction of sp³-hybridized carbons (Fsp3) is 0.292. The Kier molecular flexibility index (Phi) is 6.44. The van der Waals surface area contributed by atoms with Gasteiger partial charge in [0.1, 0.15) is 0 Å². The number of primary sulfonamides is 1. The molecule has 0 fully saturated rings. The van der Waals surface area contributed by atoms with E-state index in [2.05, 4.69) is 5.32 Å². The minimum atomic E-state index is -3.83. The number of benzene rings is 2. The number of anilines is 1. The van der Waals surface area contributed by atoms with Crippen LogP contribution in [0.3, 0.4) is 0 Å². The molecular weight excluding hydrogens is 442 g/mol. The van der Waals surface area contributed by atoms with Crippen LogP contribution in [-0.4, -0.2) is 31.4 Å². The molecule has 2 aromatic carbocycles. The molecule has 1 atom stereocenters. The topological polar surface area (TPSA) is 128 Å². The van der Waals surface area contributed by atoms with Crippen molar-refractivity contribution in [2.75, 3.05) is 5.32 Å². The van der Waals surface area contributed by atoms with Gasteiger partial charge in [0.25, 0.3) is 5.91 Å². The number of esters is 1. The van der Waals surface area contributed by atoms with Crippen molar-refractivity contribution in [3.05, 3.63) is 65.4 Å². The fourth-order valence-corrected chi connectivity index (χ4v) is 4.54. The molecule has 1 heterocycles. The van der Waals surface area contributed by atoms with Gasteiger partial charge in [-0.25, -0.2) is 18.4 Å². The van der Waals surface area contributed by atoms with Gasteiger partial charge in [-0.2, -0.15) is 0 Å². The maximum Gasteiger partial charge on any atom is 0.339 e. The second-order valence-corrected chi connectivity index (χ2v) is 9.66. The summed E-state index contributed by atoms with van der Waals surface area (Å²) in [7, 11) is -3.83. The number of para-hydroxylation sites is 1. The van der Waals surface area contributed by atoms with Gasteiger partial charge in [0.05, 0.1) is 16.0 Å². The molecule has 1 aromatic heterocycles. The van der Waals surface area contributed by atoms with E-state index in [-0.39, 0.29) is 4.90 Å². The molecule has 172 valence electrons. The molecule has 0 saturated carbocycles. The molecule has 3 N–H and O–H groups in total. The van der Waals surface area contributed by atoms with Crippen molar-refractivity contribution < 1.29 is 22.7 Å². The standard InChI is InChI=1S/C24H25N3O5S/c1-15(23(28)26-16-11-13-17(14-12-16)33(25,30)31)32-24(29)22-18-7-3-2-4-9-20(18)27-21-10-6-5-8-19(21)22/h5-6,8,10-15H,2-4,7,9H2,1H3,(H,26,28)(H2,25,30,31). The van der Waals surface area contributed by atoms with Crippen molar-refractivity contribution in [3.8, 4) is 0 Å². The van der Waals surface area contributed by atoms with Crippen molar-refractivity contribution in [2.24, 2.45) is 5.14 Å². The van der Waals surface area contributed by atoms with Gasteiger partial charge < -0.3 is 10.1 Å². The number of rotatable bonds is 5. The number of ether oxygens (including phenoxy) is 1. The highest BCUT2D eigenvalue weighted by molar-refractivity contribution is 7.89. The lowest BCUT2D eigenvalue weighted by molar-refractivity contribution is -0.123. The van der Waals surface area contributed by atoms with Crippen molar-refractivity contribution in [1.29, 1.82) is 0 Å². The maximum atomic E-state index is 13.3. The number of hydrogen-bond donors (Lipinski definition) is 2. The highest BCUT2D eigenvalue weighted by atomic mass is 32.2. The molecule has 4 rings (SSSR count). The predicted octanol–water partition coefficient (Wildman–Crippen LogP) is 3.34. The average Bonchev–Trinajstić information content (AvgIpc) is 3.02.